The van der Waals surface area contributed by atoms with Crippen LogP contribution in [0.3, 0.4) is 0 Å². The summed E-state index contributed by atoms with van der Waals surface area (Å²) in [5.41, 5.74) is 1.19. The number of halogens is 2. The van der Waals surface area contributed by atoms with Crippen LogP contribution in [0.4, 0.5) is 14.9 Å². The van der Waals surface area contributed by atoms with Crippen LogP contribution in [-0.2, 0) is 0 Å². The van der Waals surface area contributed by atoms with E-state index in [2.05, 4.69) is 15.5 Å². The molecule has 0 bridgehead atoms. The average Bonchev–Trinajstić information content (AvgIpc) is 3.18. The summed E-state index contributed by atoms with van der Waals surface area (Å²) >= 11 is 5.92. The van der Waals surface area contributed by atoms with Gasteiger partial charge in [-0.25, -0.2) is 9.18 Å². The molecule has 1 N–H and O–H groups in total. The highest BCUT2D eigenvalue weighted by Gasteiger charge is 2.32. The monoisotopic (exact) mass is 400 g/mol. The van der Waals surface area contributed by atoms with E-state index in [1.54, 1.807) is 29.2 Å². The Balaban J connectivity index is 1.54. The van der Waals surface area contributed by atoms with Crippen LogP contribution in [0.5, 0.6) is 0 Å². The van der Waals surface area contributed by atoms with Gasteiger partial charge in [0, 0.05) is 22.8 Å². The Bertz CT molecular complexity index is 976. The van der Waals surface area contributed by atoms with E-state index in [4.69, 9.17) is 16.1 Å². The molecule has 8 heteroatoms. The number of piperidine rings is 1. The van der Waals surface area contributed by atoms with Gasteiger partial charge in [-0.1, -0.05) is 22.8 Å². The van der Waals surface area contributed by atoms with E-state index < -0.39 is 5.82 Å². The normalized spacial score (nSPS) is 16.8. The molecule has 0 radical (unpaired) electrons. The maximum absolute atomic E-state index is 13.4. The van der Waals surface area contributed by atoms with Crippen LogP contribution in [0.15, 0.2) is 53.1 Å². The van der Waals surface area contributed by atoms with Crippen LogP contribution in [0.1, 0.15) is 31.2 Å². The minimum Gasteiger partial charge on any atom is -0.337 e. The number of urea groups is 1. The minimum atomic E-state index is -0.405. The number of rotatable bonds is 3. The number of anilines is 1. The fourth-order valence-electron chi connectivity index (χ4n) is 3.28. The van der Waals surface area contributed by atoms with Crippen molar-refractivity contribution in [3.63, 3.8) is 0 Å². The van der Waals surface area contributed by atoms with Gasteiger partial charge >= 0.3 is 6.03 Å². The van der Waals surface area contributed by atoms with Crippen molar-refractivity contribution in [1.82, 2.24) is 15.0 Å². The summed E-state index contributed by atoms with van der Waals surface area (Å²) in [6.45, 7) is 0.560. The molecule has 2 amide bonds. The second-order valence-corrected chi connectivity index (χ2v) is 7.05. The molecule has 0 saturated carbocycles. The quantitative estimate of drug-likeness (QED) is 0.648. The number of likely N-dealkylation sites (tertiary alicyclic amines) is 1. The van der Waals surface area contributed by atoms with Crippen LogP contribution in [0.2, 0.25) is 5.02 Å². The molecule has 1 atom stereocenters. The summed E-state index contributed by atoms with van der Waals surface area (Å²) in [7, 11) is 0. The van der Waals surface area contributed by atoms with Gasteiger partial charge in [0.1, 0.15) is 11.9 Å². The van der Waals surface area contributed by atoms with Crippen molar-refractivity contribution in [3.05, 3.63) is 65.3 Å². The molecule has 2 aromatic carbocycles. The average molecular weight is 401 g/mol. The van der Waals surface area contributed by atoms with Crippen LogP contribution in [0.25, 0.3) is 11.4 Å². The lowest BCUT2D eigenvalue weighted by Crippen LogP contribution is -2.41. The first-order valence-electron chi connectivity index (χ1n) is 9.03. The Morgan fingerprint density at radius 1 is 1.21 bits per heavy atom. The minimum absolute atomic E-state index is 0.318. The number of hydrogen-bond acceptors (Lipinski definition) is 4. The molecule has 0 aliphatic carbocycles. The summed E-state index contributed by atoms with van der Waals surface area (Å²) in [6, 6.07) is 12.3. The molecule has 1 aliphatic rings. The Morgan fingerprint density at radius 2 is 2.04 bits per heavy atom. The first-order chi connectivity index (χ1) is 13.6. The molecule has 1 saturated heterocycles. The van der Waals surface area contributed by atoms with Crippen LogP contribution < -0.4 is 5.32 Å². The highest BCUT2D eigenvalue weighted by molar-refractivity contribution is 6.30. The summed E-state index contributed by atoms with van der Waals surface area (Å²) < 4.78 is 18.8. The highest BCUT2D eigenvalue weighted by atomic mass is 35.5. The fraction of sp³-hybridized carbons (Fsp3) is 0.250. The lowest BCUT2D eigenvalue weighted by molar-refractivity contribution is 0.142. The maximum Gasteiger partial charge on any atom is 0.322 e. The van der Waals surface area contributed by atoms with Gasteiger partial charge in [-0.2, -0.15) is 4.98 Å². The van der Waals surface area contributed by atoms with Gasteiger partial charge in [0.15, 0.2) is 0 Å². The third kappa shape index (κ3) is 3.99. The molecule has 3 aromatic rings. The van der Waals surface area contributed by atoms with Crippen molar-refractivity contribution in [2.75, 3.05) is 11.9 Å². The first kappa shape index (κ1) is 18.4. The molecule has 1 aromatic heterocycles. The third-order valence-corrected chi connectivity index (χ3v) is 4.92. The molecule has 2 heterocycles. The van der Waals surface area contributed by atoms with Crippen molar-refractivity contribution in [2.45, 2.75) is 25.3 Å². The molecule has 28 heavy (non-hydrogen) atoms. The van der Waals surface area contributed by atoms with E-state index in [1.807, 2.05) is 12.1 Å². The Kier molecular flexibility index (Phi) is 5.25. The number of amides is 2. The zero-order chi connectivity index (χ0) is 19.5. The summed E-state index contributed by atoms with van der Waals surface area (Å²) in [4.78, 5) is 18.9. The number of nitrogens with zero attached hydrogens (tertiary/aromatic N) is 3. The van der Waals surface area contributed by atoms with E-state index in [0.29, 0.717) is 29.0 Å². The SMILES string of the molecule is O=C(Nc1cccc(F)c1)N1CCCC[C@H]1c1nc(-c2ccc(Cl)cc2)no1. The van der Waals surface area contributed by atoms with Gasteiger partial charge < -0.3 is 14.7 Å². The van der Waals surface area contributed by atoms with Crippen molar-refractivity contribution in [2.24, 2.45) is 0 Å². The maximum atomic E-state index is 13.4. The Morgan fingerprint density at radius 3 is 2.82 bits per heavy atom. The van der Waals surface area contributed by atoms with Gasteiger partial charge in [0.25, 0.3) is 0 Å². The van der Waals surface area contributed by atoms with Crippen LogP contribution in [0, 0.1) is 5.82 Å². The molecule has 6 nitrogen and oxygen atoms in total. The second-order valence-electron chi connectivity index (χ2n) is 6.61. The smallest absolute Gasteiger partial charge is 0.322 e. The molecule has 1 fully saturated rings. The summed E-state index contributed by atoms with van der Waals surface area (Å²) in [5.74, 6) is 0.430. The molecule has 144 valence electrons. The molecule has 0 spiro atoms. The van der Waals surface area contributed by atoms with Gasteiger partial charge in [-0.05, 0) is 61.7 Å². The number of aromatic nitrogens is 2. The molecule has 4 rings (SSSR count). The van der Waals surface area contributed by atoms with Crippen LogP contribution >= 0.6 is 11.6 Å². The van der Waals surface area contributed by atoms with Gasteiger partial charge in [-0.3, -0.25) is 0 Å². The predicted octanol–water partition coefficient (Wildman–Crippen LogP) is 5.29. The lowest BCUT2D eigenvalue weighted by atomic mass is 10.0. The summed E-state index contributed by atoms with van der Waals surface area (Å²) in [5, 5.41) is 7.41. The number of nitrogens with one attached hydrogen (secondary N) is 1. The van der Waals surface area contributed by atoms with E-state index in [9.17, 15) is 9.18 Å². The first-order valence-corrected chi connectivity index (χ1v) is 9.41. The Labute approximate surface area is 166 Å². The second kappa shape index (κ2) is 7.98. The number of hydrogen-bond donors (Lipinski definition) is 1. The van der Waals surface area contributed by atoms with Crippen molar-refractivity contribution >= 4 is 23.3 Å². The zero-order valence-electron chi connectivity index (χ0n) is 14.9. The predicted molar refractivity (Wildman–Crippen MR) is 103 cm³/mol. The van der Waals surface area contributed by atoms with E-state index >= 15 is 0 Å². The van der Waals surface area contributed by atoms with Crippen molar-refractivity contribution in [1.29, 1.82) is 0 Å². The Hall–Kier alpha value is -2.93. The number of benzene rings is 2. The molecular formula is C20H18ClFN4O2. The summed E-state index contributed by atoms with van der Waals surface area (Å²) in [6.07, 6.45) is 2.55. The van der Waals surface area contributed by atoms with Gasteiger partial charge in [-0.15, -0.1) is 0 Å². The van der Waals surface area contributed by atoms with E-state index in [0.717, 1.165) is 24.8 Å². The molecule has 1 aliphatic heterocycles. The fourth-order valence-corrected chi connectivity index (χ4v) is 3.41. The van der Waals surface area contributed by atoms with Gasteiger partial charge in [0.05, 0.1) is 0 Å². The largest absolute Gasteiger partial charge is 0.337 e. The standard InChI is InChI=1S/C20H18ClFN4O2/c21-14-9-7-13(8-10-14)18-24-19(28-25-18)17-6-1-2-11-26(17)20(27)23-16-5-3-4-15(22)12-16/h3-5,7-10,12,17H,1-2,6,11H2,(H,23,27)/t17-/m0/s1. The van der Waals surface area contributed by atoms with Crippen molar-refractivity contribution in [3.8, 4) is 11.4 Å². The van der Waals surface area contributed by atoms with Gasteiger partial charge in [0.2, 0.25) is 11.7 Å². The molecule has 0 unspecified atom stereocenters. The zero-order valence-corrected chi connectivity index (χ0v) is 15.7. The number of carbonyl (C=O) groups is 1. The van der Waals surface area contributed by atoms with Crippen molar-refractivity contribution < 1.29 is 13.7 Å². The third-order valence-electron chi connectivity index (χ3n) is 4.67. The highest BCUT2D eigenvalue weighted by Crippen LogP contribution is 2.32. The van der Waals surface area contributed by atoms with Crippen LogP contribution in [-0.4, -0.2) is 27.6 Å². The topological polar surface area (TPSA) is 71.3 Å². The van der Waals surface area contributed by atoms with E-state index in [-0.39, 0.29) is 12.1 Å². The number of carbonyl (C=O) groups excluding carboxylic acids is 1. The van der Waals surface area contributed by atoms with E-state index in [1.165, 1.54) is 12.1 Å². The molecular weight excluding hydrogens is 383 g/mol. The lowest BCUT2D eigenvalue weighted by Gasteiger charge is -2.33.